The zero-order valence-corrected chi connectivity index (χ0v) is 10.5. The van der Waals surface area contributed by atoms with E-state index in [9.17, 15) is 0 Å². The van der Waals surface area contributed by atoms with Crippen LogP contribution in [0.4, 0.5) is 0 Å². The summed E-state index contributed by atoms with van der Waals surface area (Å²) in [6.45, 7) is 4.37. The first-order valence-corrected chi connectivity index (χ1v) is 6.46. The number of aliphatic hydroxyl groups is 1. The van der Waals surface area contributed by atoms with Gasteiger partial charge in [0.15, 0.2) is 0 Å². The van der Waals surface area contributed by atoms with E-state index < -0.39 is 0 Å². The highest BCUT2D eigenvalue weighted by atomic mass is 32.2. The van der Waals surface area contributed by atoms with Gasteiger partial charge in [0.2, 0.25) is 0 Å². The van der Waals surface area contributed by atoms with Crippen LogP contribution in [0.15, 0.2) is 23.1 Å². The van der Waals surface area contributed by atoms with Crippen molar-refractivity contribution in [2.24, 2.45) is 5.92 Å². The van der Waals surface area contributed by atoms with Crippen LogP contribution in [-0.4, -0.2) is 10.9 Å². The minimum Gasteiger partial charge on any atom is -0.392 e. The molecule has 1 N–H and O–H groups in total. The van der Waals surface area contributed by atoms with Crippen molar-refractivity contribution in [3.63, 3.8) is 0 Å². The van der Waals surface area contributed by atoms with Crippen LogP contribution in [0.3, 0.4) is 0 Å². The number of rotatable bonds is 5. The first kappa shape index (κ1) is 13.1. The van der Waals surface area contributed by atoms with E-state index in [-0.39, 0.29) is 6.61 Å². The van der Waals surface area contributed by atoms with E-state index in [4.69, 9.17) is 10.4 Å². The van der Waals surface area contributed by atoms with Crippen LogP contribution in [0, 0.1) is 17.2 Å². The van der Waals surface area contributed by atoms with Crippen molar-refractivity contribution in [2.75, 3.05) is 5.75 Å². The van der Waals surface area contributed by atoms with Gasteiger partial charge in [-0.25, -0.2) is 0 Å². The van der Waals surface area contributed by atoms with Crippen molar-refractivity contribution >= 4 is 11.8 Å². The van der Waals surface area contributed by atoms with Gasteiger partial charge in [-0.3, -0.25) is 0 Å². The van der Waals surface area contributed by atoms with Crippen molar-refractivity contribution in [2.45, 2.75) is 31.8 Å². The van der Waals surface area contributed by atoms with Crippen LogP contribution in [0.2, 0.25) is 0 Å². The summed E-state index contributed by atoms with van der Waals surface area (Å²) in [7, 11) is 0. The predicted octanol–water partition coefficient (Wildman–Crippen LogP) is 3.19. The molecule has 0 amide bonds. The van der Waals surface area contributed by atoms with Crippen LogP contribution in [-0.2, 0) is 6.61 Å². The standard InChI is InChI=1S/C13H17NOS/c1-3-10(2)9-16-13-5-4-11(8-15)6-12(13)7-14/h4-6,10,15H,3,8-9H2,1-2H3. The van der Waals surface area contributed by atoms with Gasteiger partial charge in [0.05, 0.1) is 12.2 Å². The first-order chi connectivity index (χ1) is 7.71. The SMILES string of the molecule is CCC(C)CSc1ccc(CO)cc1C#N. The van der Waals surface area contributed by atoms with Crippen molar-refractivity contribution in [1.29, 1.82) is 5.26 Å². The lowest BCUT2D eigenvalue weighted by Gasteiger charge is -2.09. The van der Waals surface area contributed by atoms with Crippen molar-refractivity contribution < 1.29 is 5.11 Å². The van der Waals surface area contributed by atoms with Crippen LogP contribution >= 0.6 is 11.8 Å². The third kappa shape index (κ3) is 3.55. The molecule has 86 valence electrons. The lowest BCUT2D eigenvalue weighted by Crippen LogP contribution is -1.96. The molecule has 16 heavy (non-hydrogen) atoms. The number of thioether (sulfide) groups is 1. The predicted molar refractivity (Wildman–Crippen MR) is 67.3 cm³/mol. The fourth-order valence-electron chi connectivity index (χ4n) is 1.24. The van der Waals surface area contributed by atoms with E-state index in [1.165, 1.54) is 0 Å². The summed E-state index contributed by atoms with van der Waals surface area (Å²) >= 11 is 1.72. The summed E-state index contributed by atoms with van der Waals surface area (Å²) in [6.07, 6.45) is 1.16. The van der Waals surface area contributed by atoms with Gasteiger partial charge in [0, 0.05) is 10.6 Å². The Morgan fingerprint density at radius 1 is 1.50 bits per heavy atom. The lowest BCUT2D eigenvalue weighted by atomic mass is 10.1. The molecule has 0 radical (unpaired) electrons. The monoisotopic (exact) mass is 235 g/mol. The van der Waals surface area contributed by atoms with Gasteiger partial charge in [-0.15, -0.1) is 11.8 Å². The number of nitriles is 1. The lowest BCUT2D eigenvalue weighted by molar-refractivity contribution is 0.281. The molecule has 1 rings (SSSR count). The molecular weight excluding hydrogens is 218 g/mol. The number of hydrogen-bond acceptors (Lipinski definition) is 3. The molecule has 0 aliphatic rings. The molecule has 0 aromatic heterocycles. The van der Waals surface area contributed by atoms with E-state index in [2.05, 4.69) is 19.9 Å². The van der Waals surface area contributed by atoms with E-state index in [1.807, 2.05) is 12.1 Å². The van der Waals surface area contributed by atoms with Crippen molar-refractivity contribution in [3.05, 3.63) is 29.3 Å². The third-order valence-electron chi connectivity index (χ3n) is 2.57. The topological polar surface area (TPSA) is 44.0 Å². The molecule has 0 saturated carbocycles. The van der Waals surface area contributed by atoms with Gasteiger partial charge < -0.3 is 5.11 Å². The third-order valence-corrected chi connectivity index (χ3v) is 3.97. The fraction of sp³-hybridized carbons (Fsp3) is 0.462. The van der Waals surface area contributed by atoms with Crippen LogP contribution in [0.25, 0.3) is 0 Å². The summed E-state index contributed by atoms with van der Waals surface area (Å²) in [4.78, 5) is 1.01. The molecule has 0 bridgehead atoms. The van der Waals surface area contributed by atoms with Gasteiger partial charge in [-0.2, -0.15) is 5.26 Å². The Labute approximate surface area is 101 Å². The van der Waals surface area contributed by atoms with Gasteiger partial charge in [0.25, 0.3) is 0 Å². The molecule has 1 unspecified atom stereocenters. The molecule has 0 aliphatic heterocycles. The highest BCUT2D eigenvalue weighted by Gasteiger charge is 2.06. The second-order valence-electron chi connectivity index (χ2n) is 3.92. The second-order valence-corrected chi connectivity index (χ2v) is 4.99. The maximum atomic E-state index is 9.02. The Balaban J connectivity index is 2.77. The first-order valence-electron chi connectivity index (χ1n) is 5.48. The molecule has 0 saturated heterocycles. The van der Waals surface area contributed by atoms with Crippen LogP contribution in [0.1, 0.15) is 31.4 Å². The number of hydrogen-bond donors (Lipinski definition) is 1. The van der Waals surface area contributed by atoms with E-state index >= 15 is 0 Å². The minimum atomic E-state index is -0.00894. The number of nitrogens with zero attached hydrogens (tertiary/aromatic N) is 1. The van der Waals surface area contributed by atoms with Gasteiger partial charge in [-0.05, 0) is 23.6 Å². The summed E-state index contributed by atoms with van der Waals surface area (Å²) in [5.74, 6) is 1.69. The molecule has 3 heteroatoms. The summed E-state index contributed by atoms with van der Waals surface area (Å²) in [6, 6.07) is 7.75. The Morgan fingerprint density at radius 2 is 2.25 bits per heavy atom. The van der Waals surface area contributed by atoms with E-state index in [1.54, 1.807) is 17.8 Å². The van der Waals surface area contributed by atoms with E-state index in [0.29, 0.717) is 11.5 Å². The Kier molecular flexibility index (Phi) is 5.37. The maximum Gasteiger partial charge on any atom is 0.100 e. The van der Waals surface area contributed by atoms with Gasteiger partial charge in [0.1, 0.15) is 6.07 Å². The molecule has 1 aromatic carbocycles. The highest BCUT2D eigenvalue weighted by molar-refractivity contribution is 7.99. The summed E-state index contributed by atoms with van der Waals surface area (Å²) in [5, 5.41) is 18.0. The Hall–Kier alpha value is -0.980. The fourth-order valence-corrected chi connectivity index (χ4v) is 2.36. The summed E-state index contributed by atoms with van der Waals surface area (Å²) < 4.78 is 0. The zero-order chi connectivity index (χ0) is 12.0. The maximum absolute atomic E-state index is 9.02. The Morgan fingerprint density at radius 3 is 2.81 bits per heavy atom. The normalized spacial score (nSPS) is 12.1. The minimum absolute atomic E-state index is 0.00894. The zero-order valence-electron chi connectivity index (χ0n) is 9.73. The number of benzene rings is 1. The molecule has 0 aliphatic carbocycles. The quantitative estimate of drug-likeness (QED) is 0.797. The van der Waals surface area contributed by atoms with Gasteiger partial charge >= 0.3 is 0 Å². The molecule has 1 atom stereocenters. The smallest absolute Gasteiger partial charge is 0.100 e. The summed E-state index contributed by atoms with van der Waals surface area (Å²) in [5.41, 5.74) is 1.46. The molecule has 0 heterocycles. The molecular formula is C13H17NOS. The number of aliphatic hydroxyl groups excluding tert-OH is 1. The van der Waals surface area contributed by atoms with Crippen LogP contribution in [0.5, 0.6) is 0 Å². The largest absolute Gasteiger partial charge is 0.392 e. The van der Waals surface area contributed by atoms with Crippen molar-refractivity contribution in [1.82, 2.24) is 0 Å². The second kappa shape index (κ2) is 6.57. The average molecular weight is 235 g/mol. The highest BCUT2D eigenvalue weighted by Crippen LogP contribution is 2.26. The van der Waals surface area contributed by atoms with Gasteiger partial charge in [-0.1, -0.05) is 26.3 Å². The Bertz CT molecular complexity index is 384. The average Bonchev–Trinajstić information content (AvgIpc) is 2.35. The molecule has 1 aromatic rings. The van der Waals surface area contributed by atoms with Crippen LogP contribution < -0.4 is 0 Å². The molecule has 0 fully saturated rings. The molecule has 0 spiro atoms. The molecule has 2 nitrogen and oxygen atoms in total. The van der Waals surface area contributed by atoms with Crippen molar-refractivity contribution in [3.8, 4) is 6.07 Å². The van der Waals surface area contributed by atoms with E-state index in [0.717, 1.165) is 22.6 Å².